The molecule has 2 heterocycles. The summed E-state index contributed by atoms with van der Waals surface area (Å²) in [6, 6.07) is 10.4. The lowest BCUT2D eigenvalue weighted by molar-refractivity contribution is 0.289. The van der Waals surface area contributed by atoms with E-state index in [1.165, 1.54) is 23.7 Å². The Morgan fingerprint density at radius 2 is 1.89 bits per heavy atom. The third kappa shape index (κ3) is 2.51. The zero-order valence-electron chi connectivity index (χ0n) is 10.6. The van der Waals surface area contributed by atoms with Crippen molar-refractivity contribution < 1.29 is 4.74 Å². The zero-order valence-corrected chi connectivity index (χ0v) is 10.6. The minimum absolute atomic E-state index is 0.828. The van der Waals surface area contributed by atoms with E-state index in [2.05, 4.69) is 28.9 Å². The highest BCUT2D eigenvalue weighted by Gasteiger charge is 2.14. The summed E-state index contributed by atoms with van der Waals surface area (Å²) in [4.78, 5) is 4.04. The van der Waals surface area contributed by atoms with Gasteiger partial charge in [-0.3, -0.25) is 4.98 Å². The Labute approximate surface area is 108 Å². The second-order valence-corrected chi connectivity index (χ2v) is 3.98. The molecule has 18 heavy (non-hydrogen) atoms. The largest absolute Gasteiger partial charge is 0.493 e. The van der Waals surface area contributed by atoms with Crippen LogP contribution in [0.5, 0.6) is 5.75 Å². The lowest BCUT2D eigenvalue weighted by Crippen LogP contribution is -2.09. The van der Waals surface area contributed by atoms with Crippen LogP contribution in [0.15, 0.2) is 42.7 Å². The van der Waals surface area contributed by atoms with Crippen LogP contribution in [-0.2, 0) is 6.42 Å². The van der Waals surface area contributed by atoms with Crippen LogP contribution in [0.25, 0.3) is 11.1 Å². The number of nitrogens with zero attached hydrogens (tertiary/aromatic N) is 1. The van der Waals surface area contributed by atoms with Crippen molar-refractivity contribution in [3.63, 3.8) is 0 Å². The molecule has 3 nitrogen and oxygen atoms in total. The molecule has 0 spiro atoms. The van der Waals surface area contributed by atoms with Crippen molar-refractivity contribution in [2.75, 3.05) is 13.7 Å². The topological polar surface area (TPSA) is 48.1 Å². The first kappa shape index (κ1) is 12.6. The first-order valence-corrected chi connectivity index (χ1v) is 6.18. The molecule has 3 heteroatoms. The van der Waals surface area contributed by atoms with Crippen LogP contribution in [-0.4, -0.2) is 18.6 Å². The van der Waals surface area contributed by atoms with E-state index in [9.17, 15) is 0 Å². The highest BCUT2D eigenvalue weighted by atomic mass is 16.5. The van der Waals surface area contributed by atoms with Gasteiger partial charge in [0.1, 0.15) is 5.75 Å². The summed E-state index contributed by atoms with van der Waals surface area (Å²) >= 11 is 0. The van der Waals surface area contributed by atoms with Crippen molar-refractivity contribution in [3.8, 4) is 16.9 Å². The van der Waals surface area contributed by atoms with Crippen molar-refractivity contribution in [3.05, 3.63) is 48.3 Å². The van der Waals surface area contributed by atoms with Crippen molar-refractivity contribution >= 4 is 0 Å². The number of pyridine rings is 1. The molecule has 0 saturated heterocycles. The highest BCUT2D eigenvalue weighted by molar-refractivity contribution is 5.72. The Bertz CT molecular complexity index is 497. The number of para-hydroxylation sites is 1. The lowest BCUT2D eigenvalue weighted by Gasteiger charge is -2.20. The van der Waals surface area contributed by atoms with E-state index >= 15 is 0 Å². The van der Waals surface area contributed by atoms with E-state index in [1.54, 1.807) is 0 Å². The molecular weight excluding hydrogens is 224 g/mol. The summed E-state index contributed by atoms with van der Waals surface area (Å²) < 4.78 is 5.79. The fourth-order valence-corrected chi connectivity index (χ4v) is 2.15. The molecule has 2 N–H and O–H groups in total. The number of rotatable bonds is 1. The maximum atomic E-state index is 5.79. The van der Waals surface area contributed by atoms with Gasteiger partial charge in [0.2, 0.25) is 0 Å². The van der Waals surface area contributed by atoms with E-state index in [1.807, 2.05) is 24.5 Å². The van der Waals surface area contributed by atoms with Gasteiger partial charge in [0.05, 0.1) is 6.61 Å². The van der Waals surface area contributed by atoms with Gasteiger partial charge in [-0.05, 0) is 43.1 Å². The average Bonchev–Trinajstić information content (AvgIpc) is 2.50. The molecular formula is C15H18N2O. The number of aromatic nitrogens is 1. The lowest BCUT2D eigenvalue weighted by atomic mass is 9.98. The van der Waals surface area contributed by atoms with Crippen LogP contribution in [0.2, 0.25) is 0 Å². The molecule has 0 bridgehead atoms. The maximum absolute atomic E-state index is 5.79. The van der Waals surface area contributed by atoms with Crippen LogP contribution < -0.4 is 10.5 Å². The predicted molar refractivity (Wildman–Crippen MR) is 73.6 cm³/mol. The average molecular weight is 242 g/mol. The molecule has 1 aromatic carbocycles. The molecule has 0 radical (unpaired) electrons. The summed E-state index contributed by atoms with van der Waals surface area (Å²) in [6.45, 7) is 0.828. The monoisotopic (exact) mass is 242 g/mol. The molecule has 0 atom stereocenters. The number of aryl methyl sites for hydroxylation is 1. The van der Waals surface area contributed by atoms with Crippen molar-refractivity contribution in [2.24, 2.45) is 5.73 Å². The normalized spacial score (nSPS) is 12.8. The highest BCUT2D eigenvalue weighted by Crippen LogP contribution is 2.35. The van der Waals surface area contributed by atoms with Crippen LogP contribution in [0.1, 0.15) is 12.0 Å². The van der Waals surface area contributed by atoms with E-state index in [4.69, 9.17) is 4.74 Å². The molecule has 1 aliphatic heterocycles. The quantitative estimate of drug-likeness (QED) is 0.836. The van der Waals surface area contributed by atoms with Crippen LogP contribution in [0.3, 0.4) is 0 Å². The smallest absolute Gasteiger partial charge is 0.130 e. The van der Waals surface area contributed by atoms with Gasteiger partial charge in [0.25, 0.3) is 0 Å². The van der Waals surface area contributed by atoms with Crippen LogP contribution in [0.4, 0.5) is 0 Å². The van der Waals surface area contributed by atoms with Gasteiger partial charge in [-0.15, -0.1) is 0 Å². The minimum Gasteiger partial charge on any atom is -0.493 e. The summed E-state index contributed by atoms with van der Waals surface area (Å²) in [5.41, 5.74) is 8.17. The van der Waals surface area contributed by atoms with E-state index in [0.717, 1.165) is 25.2 Å². The SMILES string of the molecule is CN.c1cc2c(c(-c3ccncc3)c1)OCCC2. The van der Waals surface area contributed by atoms with Gasteiger partial charge in [-0.25, -0.2) is 0 Å². The van der Waals surface area contributed by atoms with Crippen molar-refractivity contribution in [1.82, 2.24) is 4.98 Å². The number of hydrogen-bond donors (Lipinski definition) is 1. The van der Waals surface area contributed by atoms with Gasteiger partial charge in [-0.1, -0.05) is 18.2 Å². The molecule has 0 aliphatic carbocycles. The molecule has 0 unspecified atom stereocenters. The fraction of sp³-hybridized carbons (Fsp3) is 0.267. The number of fused-ring (bicyclic) bond motifs is 1. The number of ether oxygens (including phenoxy) is 1. The van der Waals surface area contributed by atoms with Crippen LogP contribution >= 0.6 is 0 Å². The third-order valence-electron chi connectivity index (χ3n) is 2.92. The van der Waals surface area contributed by atoms with Crippen molar-refractivity contribution in [2.45, 2.75) is 12.8 Å². The molecule has 0 amide bonds. The van der Waals surface area contributed by atoms with E-state index < -0.39 is 0 Å². The molecule has 94 valence electrons. The minimum atomic E-state index is 0.828. The molecule has 1 aliphatic rings. The predicted octanol–water partition coefficient (Wildman–Crippen LogP) is 2.65. The first-order valence-electron chi connectivity index (χ1n) is 6.18. The molecule has 0 fully saturated rings. The number of hydrogen-bond acceptors (Lipinski definition) is 3. The van der Waals surface area contributed by atoms with Gasteiger partial charge >= 0.3 is 0 Å². The van der Waals surface area contributed by atoms with Gasteiger partial charge in [0.15, 0.2) is 0 Å². The Morgan fingerprint density at radius 1 is 1.11 bits per heavy atom. The summed E-state index contributed by atoms with van der Waals surface area (Å²) in [7, 11) is 1.50. The summed E-state index contributed by atoms with van der Waals surface area (Å²) in [5.74, 6) is 1.06. The van der Waals surface area contributed by atoms with Crippen molar-refractivity contribution in [1.29, 1.82) is 0 Å². The summed E-state index contributed by atoms with van der Waals surface area (Å²) in [6.07, 6.45) is 5.87. The Balaban J connectivity index is 0.000000574. The van der Waals surface area contributed by atoms with Crippen LogP contribution in [0, 0.1) is 0 Å². The molecule has 3 rings (SSSR count). The molecule has 1 aromatic heterocycles. The first-order chi connectivity index (χ1) is 8.95. The second kappa shape index (κ2) is 6.17. The number of nitrogens with two attached hydrogens (primary N) is 1. The van der Waals surface area contributed by atoms with Gasteiger partial charge in [-0.2, -0.15) is 0 Å². The summed E-state index contributed by atoms with van der Waals surface area (Å²) in [5, 5.41) is 0. The second-order valence-electron chi connectivity index (χ2n) is 3.98. The van der Waals surface area contributed by atoms with E-state index in [-0.39, 0.29) is 0 Å². The Hall–Kier alpha value is -1.87. The Kier molecular flexibility index (Phi) is 4.31. The maximum Gasteiger partial charge on any atom is 0.130 e. The van der Waals surface area contributed by atoms with E-state index in [0.29, 0.717) is 0 Å². The molecule has 2 aromatic rings. The molecule has 0 saturated carbocycles. The van der Waals surface area contributed by atoms with Gasteiger partial charge in [0, 0.05) is 18.0 Å². The van der Waals surface area contributed by atoms with Gasteiger partial charge < -0.3 is 10.5 Å². The third-order valence-corrected chi connectivity index (χ3v) is 2.92. The zero-order chi connectivity index (χ0) is 12.8. The standard InChI is InChI=1S/C14H13NO.CH5N/c1-3-12-4-2-10-16-14(12)13(5-1)11-6-8-15-9-7-11;1-2/h1,3,5-9H,2,4,10H2;2H2,1H3. The number of benzene rings is 1. The Morgan fingerprint density at radius 3 is 2.67 bits per heavy atom. The fourth-order valence-electron chi connectivity index (χ4n) is 2.15.